The molecule has 106 valence electrons. The first-order valence-corrected chi connectivity index (χ1v) is 7.44. The van der Waals surface area contributed by atoms with Gasteiger partial charge in [-0.3, -0.25) is 0 Å². The van der Waals surface area contributed by atoms with E-state index in [0.717, 1.165) is 29.8 Å². The van der Waals surface area contributed by atoms with E-state index in [2.05, 4.69) is 19.2 Å². The van der Waals surface area contributed by atoms with Crippen molar-refractivity contribution in [1.29, 1.82) is 0 Å². The predicted octanol–water partition coefficient (Wildman–Crippen LogP) is 4.06. The fraction of sp³-hybridized carbons (Fsp3) is 0.625. The van der Waals surface area contributed by atoms with Crippen LogP contribution in [-0.2, 0) is 6.42 Å². The number of ether oxygens (including phenoxy) is 1. The number of halogens is 1. The molecule has 2 nitrogen and oxygen atoms in total. The van der Waals surface area contributed by atoms with Crippen molar-refractivity contribution >= 4 is 11.6 Å². The molecule has 0 unspecified atom stereocenters. The Balaban J connectivity index is 1.94. The Hall–Kier alpha value is -0.730. The maximum absolute atomic E-state index is 6.09. The Morgan fingerprint density at radius 2 is 2.11 bits per heavy atom. The van der Waals surface area contributed by atoms with Gasteiger partial charge in [-0.15, -0.1) is 0 Å². The van der Waals surface area contributed by atoms with Gasteiger partial charge in [-0.05, 0) is 61.4 Å². The zero-order valence-corrected chi connectivity index (χ0v) is 12.9. The van der Waals surface area contributed by atoms with Crippen molar-refractivity contribution in [2.24, 2.45) is 5.41 Å². The first-order chi connectivity index (χ1) is 9.00. The van der Waals surface area contributed by atoms with E-state index in [9.17, 15) is 0 Å². The lowest BCUT2D eigenvalue weighted by molar-refractivity contribution is 0.317. The molecule has 1 aliphatic carbocycles. The van der Waals surface area contributed by atoms with Gasteiger partial charge in [0.15, 0.2) is 0 Å². The average molecular weight is 282 g/mol. The number of nitrogens with one attached hydrogen (secondary N) is 1. The van der Waals surface area contributed by atoms with Gasteiger partial charge in [-0.25, -0.2) is 0 Å². The Morgan fingerprint density at radius 3 is 2.74 bits per heavy atom. The Bertz CT molecular complexity index is 427. The van der Waals surface area contributed by atoms with Gasteiger partial charge in [0.25, 0.3) is 0 Å². The molecular weight excluding hydrogens is 258 g/mol. The minimum Gasteiger partial charge on any atom is -0.496 e. The van der Waals surface area contributed by atoms with Crippen LogP contribution in [0.4, 0.5) is 0 Å². The molecule has 0 amide bonds. The lowest BCUT2D eigenvalue weighted by Gasteiger charge is -2.26. The molecular formula is C16H24ClNO. The minimum atomic E-state index is 0.250. The van der Waals surface area contributed by atoms with Crippen LogP contribution in [0.1, 0.15) is 38.7 Å². The van der Waals surface area contributed by atoms with E-state index in [1.807, 2.05) is 18.2 Å². The van der Waals surface area contributed by atoms with Gasteiger partial charge in [-0.2, -0.15) is 0 Å². The molecule has 0 atom stereocenters. The van der Waals surface area contributed by atoms with Crippen molar-refractivity contribution in [2.75, 3.05) is 13.7 Å². The molecule has 0 heterocycles. The molecule has 1 aliphatic rings. The highest BCUT2D eigenvalue weighted by Crippen LogP contribution is 2.32. The quantitative estimate of drug-likeness (QED) is 0.814. The molecule has 0 aliphatic heterocycles. The minimum absolute atomic E-state index is 0.250. The smallest absolute Gasteiger partial charge is 0.122 e. The molecule has 0 saturated heterocycles. The van der Waals surface area contributed by atoms with Crippen molar-refractivity contribution in [3.63, 3.8) is 0 Å². The molecule has 19 heavy (non-hydrogen) atoms. The lowest BCUT2D eigenvalue weighted by Crippen LogP contribution is -2.25. The first-order valence-electron chi connectivity index (χ1n) is 7.06. The van der Waals surface area contributed by atoms with E-state index in [0.29, 0.717) is 0 Å². The highest BCUT2D eigenvalue weighted by molar-refractivity contribution is 6.30. The summed E-state index contributed by atoms with van der Waals surface area (Å²) in [7, 11) is 1.72. The molecule has 1 saturated carbocycles. The monoisotopic (exact) mass is 281 g/mol. The summed E-state index contributed by atoms with van der Waals surface area (Å²) < 4.78 is 5.42. The van der Waals surface area contributed by atoms with Gasteiger partial charge < -0.3 is 10.1 Å². The van der Waals surface area contributed by atoms with Gasteiger partial charge in [0, 0.05) is 11.1 Å². The third kappa shape index (κ3) is 4.70. The summed E-state index contributed by atoms with van der Waals surface area (Å²) in [6, 6.07) is 6.65. The number of hydrogen-bond acceptors (Lipinski definition) is 2. The second-order valence-corrected chi connectivity index (χ2v) is 6.71. The van der Waals surface area contributed by atoms with Crippen LogP contribution in [0.15, 0.2) is 18.2 Å². The standard InChI is InChI=1S/C16H24ClNO/c1-16(2,8-9-18-14-5-6-14)11-12-10-13(17)4-7-15(12)19-3/h4,7,10,14,18H,5-6,8-9,11H2,1-3H3. The SMILES string of the molecule is COc1ccc(Cl)cc1CC(C)(C)CCNC1CC1. The topological polar surface area (TPSA) is 21.3 Å². The second-order valence-electron chi connectivity index (χ2n) is 6.28. The van der Waals surface area contributed by atoms with E-state index < -0.39 is 0 Å². The lowest BCUT2D eigenvalue weighted by atomic mass is 9.82. The summed E-state index contributed by atoms with van der Waals surface area (Å²) in [5, 5.41) is 4.36. The van der Waals surface area contributed by atoms with Crippen LogP contribution in [0.3, 0.4) is 0 Å². The summed E-state index contributed by atoms with van der Waals surface area (Å²) in [6.07, 6.45) is 4.85. The molecule has 0 bridgehead atoms. The van der Waals surface area contributed by atoms with Crippen LogP contribution >= 0.6 is 11.6 Å². The third-order valence-electron chi connectivity index (χ3n) is 3.72. The molecule has 2 rings (SSSR count). The van der Waals surface area contributed by atoms with Crippen molar-refractivity contribution in [1.82, 2.24) is 5.32 Å². The van der Waals surface area contributed by atoms with Crippen LogP contribution in [-0.4, -0.2) is 19.7 Å². The van der Waals surface area contributed by atoms with Crippen molar-refractivity contribution in [3.8, 4) is 5.75 Å². The predicted molar refractivity (Wildman–Crippen MR) is 81.1 cm³/mol. The zero-order chi connectivity index (χ0) is 13.9. The van der Waals surface area contributed by atoms with E-state index >= 15 is 0 Å². The number of rotatable bonds is 7. The van der Waals surface area contributed by atoms with E-state index in [1.54, 1.807) is 7.11 Å². The maximum atomic E-state index is 6.09. The van der Waals surface area contributed by atoms with Crippen molar-refractivity contribution in [3.05, 3.63) is 28.8 Å². The number of hydrogen-bond donors (Lipinski definition) is 1. The zero-order valence-electron chi connectivity index (χ0n) is 12.1. The van der Waals surface area contributed by atoms with Crippen LogP contribution < -0.4 is 10.1 Å². The fourth-order valence-corrected chi connectivity index (χ4v) is 2.59. The van der Waals surface area contributed by atoms with Crippen LogP contribution in [0.5, 0.6) is 5.75 Å². The summed E-state index contributed by atoms with van der Waals surface area (Å²) in [4.78, 5) is 0. The summed E-state index contributed by atoms with van der Waals surface area (Å²) in [5.41, 5.74) is 1.45. The summed E-state index contributed by atoms with van der Waals surface area (Å²) in [6.45, 7) is 5.71. The van der Waals surface area contributed by atoms with E-state index in [1.165, 1.54) is 24.8 Å². The number of methoxy groups -OCH3 is 1. The molecule has 1 fully saturated rings. The van der Waals surface area contributed by atoms with Crippen LogP contribution in [0, 0.1) is 5.41 Å². The normalized spacial score (nSPS) is 15.6. The van der Waals surface area contributed by atoms with E-state index in [4.69, 9.17) is 16.3 Å². The molecule has 0 aromatic heterocycles. The summed E-state index contributed by atoms with van der Waals surface area (Å²) in [5.74, 6) is 0.938. The van der Waals surface area contributed by atoms with Crippen LogP contribution in [0.2, 0.25) is 5.02 Å². The van der Waals surface area contributed by atoms with Gasteiger partial charge in [0.05, 0.1) is 7.11 Å². The van der Waals surface area contributed by atoms with E-state index in [-0.39, 0.29) is 5.41 Å². The Labute approximate surface area is 121 Å². The molecule has 1 aromatic carbocycles. The molecule has 0 spiro atoms. The first kappa shape index (κ1) is 14.7. The number of benzene rings is 1. The largest absolute Gasteiger partial charge is 0.496 e. The van der Waals surface area contributed by atoms with Gasteiger partial charge >= 0.3 is 0 Å². The van der Waals surface area contributed by atoms with Gasteiger partial charge in [0.1, 0.15) is 5.75 Å². The Kier molecular flexibility index (Phi) is 4.75. The third-order valence-corrected chi connectivity index (χ3v) is 3.96. The van der Waals surface area contributed by atoms with Gasteiger partial charge in [0.2, 0.25) is 0 Å². The van der Waals surface area contributed by atoms with Crippen LogP contribution in [0.25, 0.3) is 0 Å². The second kappa shape index (κ2) is 6.15. The van der Waals surface area contributed by atoms with Crippen molar-refractivity contribution < 1.29 is 4.74 Å². The molecule has 1 aromatic rings. The fourth-order valence-electron chi connectivity index (χ4n) is 2.39. The van der Waals surface area contributed by atoms with Crippen molar-refractivity contribution in [2.45, 2.75) is 45.6 Å². The molecule has 1 N–H and O–H groups in total. The highest BCUT2D eigenvalue weighted by atomic mass is 35.5. The molecule has 0 radical (unpaired) electrons. The van der Waals surface area contributed by atoms with Gasteiger partial charge in [-0.1, -0.05) is 25.4 Å². The highest BCUT2D eigenvalue weighted by Gasteiger charge is 2.24. The summed E-state index contributed by atoms with van der Waals surface area (Å²) >= 11 is 6.09. The Morgan fingerprint density at radius 1 is 1.37 bits per heavy atom. The average Bonchev–Trinajstić information content (AvgIpc) is 3.12. The maximum Gasteiger partial charge on any atom is 0.122 e. The molecule has 3 heteroatoms.